The number of halogens is 3. The van der Waals surface area contributed by atoms with Crippen LogP contribution in [0.1, 0.15) is 5.56 Å². The average Bonchev–Trinajstić information content (AvgIpc) is 2.99. The van der Waals surface area contributed by atoms with Crippen molar-refractivity contribution in [1.29, 1.82) is 0 Å². The van der Waals surface area contributed by atoms with Crippen LogP contribution in [0.15, 0.2) is 71.9 Å². The van der Waals surface area contributed by atoms with Crippen molar-refractivity contribution in [1.82, 2.24) is 9.38 Å². The van der Waals surface area contributed by atoms with Gasteiger partial charge in [0.1, 0.15) is 17.2 Å². The summed E-state index contributed by atoms with van der Waals surface area (Å²) in [7, 11) is 0. The molecule has 0 atom stereocenters. The van der Waals surface area contributed by atoms with Gasteiger partial charge in [0, 0.05) is 23.0 Å². The summed E-state index contributed by atoms with van der Waals surface area (Å²) in [6.07, 6.45) is 3.55. The molecule has 0 N–H and O–H groups in total. The van der Waals surface area contributed by atoms with Gasteiger partial charge in [-0.05, 0) is 48.0 Å². The Labute approximate surface area is 159 Å². The van der Waals surface area contributed by atoms with Gasteiger partial charge in [-0.15, -0.1) is 0 Å². The number of fused-ring (bicyclic) bond motifs is 1. The Kier molecular flexibility index (Phi) is 4.45. The van der Waals surface area contributed by atoms with Crippen LogP contribution in [-0.4, -0.2) is 15.6 Å². The van der Waals surface area contributed by atoms with E-state index in [0.717, 1.165) is 16.8 Å². The van der Waals surface area contributed by atoms with Crippen molar-refractivity contribution in [3.8, 4) is 11.3 Å². The van der Waals surface area contributed by atoms with E-state index in [0.29, 0.717) is 21.6 Å². The fourth-order valence-electron chi connectivity index (χ4n) is 2.65. The lowest BCUT2D eigenvalue weighted by Crippen LogP contribution is -1.86. The summed E-state index contributed by atoms with van der Waals surface area (Å²) >= 11 is 12.4. The minimum atomic E-state index is -0.286. The van der Waals surface area contributed by atoms with E-state index in [1.807, 2.05) is 34.9 Å². The van der Waals surface area contributed by atoms with Crippen molar-refractivity contribution in [2.24, 2.45) is 4.99 Å². The molecule has 4 aromatic rings. The van der Waals surface area contributed by atoms with Gasteiger partial charge in [-0.1, -0.05) is 41.4 Å². The summed E-state index contributed by atoms with van der Waals surface area (Å²) < 4.78 is 15.0. The zero-order valence-electron chi connectivity index (χ0n) is 13.4. The lowest BCUT2D eigenvalue weighted by molar-refractivity contribution is 0.628. The Morgan fingerprint density at radius 1 is 1.00 bits per heavy atom. The number of benzene rings is 2. The minimum Gasteiger partial charge on any atom is -0.284 e. The molecule has 0 aliphatic rings. The summed E-state index contributed by atoms with van der Waals surface area (Å²) in [5.41, 5.74) is 2.92. The molecule has 0 unspecified atom stereocenters. The first-order valence-corrected chi connectivity index (χ1v) is 8.59. The number of imidazole rings is 1. The third-order valence-corrected chi connectivity index (χ3v) is 4.44. The van der Waals surface area contributed by atoms with Crippen LogP contribution in [0.4, 0.5) is 10.2 Å². The summed E-state index contributed by atoms with van der Waals surface area (Å²) in [4.78, 5) is 9.26. The van der Waals surface area contributed by atoms with E-state index in [-0.39, 0.29) is 5.82 Å². The van der Waals surface area contributed by atoms with E-state index in [1.165, 1.54) is 12.1 Å². The molecule has 2 aromatic carbocycles. The maximum atomic E-state index is 13.1. The van der Waals surface area contributed by atoms with E-state index in [9.17, 15) is 4.39 Å². The molecule has 0 bridgehead atoms. The van der Waals surface area contributed by atoms with Crippen LogP contribution >= 0.6 is 23.2 Å². The molecule has 0 radical (unpaired) electrons. The minimum absolute atomic E-state index is 0.286. The monoisotopic (exact) mass is 383 g/mol. The molecule has 0 saturated heterocycles. The number of aromatic nitrogens is 2. The van der Waals surface area contributed by atoms with Crippen LogP contribution < -0.4 is 0 Å². The van der Waals surface area contributed by atoms with E-state index >= 15 is 0 Å². The first kappa shape index (κ1) is 16.8. The zero-order valence-corrected chi connectivity index (χ0v) is 14.9. The summed E-state index contributed by atoms with van der Waals surface area (Å²) in [5, 5.41) is 1.05. The van der Waals surface area contributed by atoms with E-state index in [4.69, 9.17) is 23.2 Å². The van der Waals surface area contributed by atoms with Crippen molar-refractivity contribution in [2.75, 3.05) is 0 Å². The highest BCUT2D eigenvalue weighted by Gasteiger charge is 2.15. The Morgan fingerprint density at radius 3 is 2.58 bits per heavy atom. The molecule has 128 valence electrons. The van der Waals surface area contributed by atoms with Gasteiger partial charge in [0.15, 0.2) is 5.82 Å². The largest absolute Gasteiger partial charge is 0.284 e. The lowest BCUT2D eigenvalue weighted by Gasteiger charge is -2.03. The van der Waals surface area contributed by atoms with Crippen LogP contribution in [0, 0.1) is 5.82 Å². The van der Waals surface area contributed by atoms with Gasteiger partial charge >= 0.3 is 0 Å². The Hall–Kier alpha value is -2.69. The third kappa shape index (κ3) is 3.21. The second-order valence-corrected chi connectivity index (χ2v) is 6.49. The summed E-state index contributed by atoms with van der Waals surface area (Å²) in [5.74, 6) is 0.347. The first-order valence-electron chi connectivity index (χ1n) is 7.84. The first-order chi connectivity index (χ1) is 12.6. The van der Waals surface area contributed by atoms with E-state index < -0.39 is 0 Å². The second-order valence-electron chi connectivity index (χ2n) is 5.65. The lowest BCUT2D eigenvalue weighted by atomic mass is 10.1. The van der Waals surface area contributed by atoms with Crippen molar-refractivity contribution >= 4 is 40.9 Å². The summed E-state index contributed by atoms with van der Waals surface area (Å²) in [6, 6.07) is 17.1. The number of aliphatic imine (C=N–C) groups is 1. The second kappa shape index (κ2) is 6.90. The van der Waals surface area contributed by atoms with Gasteiger partial charge < -0.3 is 0 Å². The number of nitrogens with zero attached hydrogens (tertiary/aromatic N) is 3. The molecule has 0 amide bonds. The fraction of sp³-hybridized carbons (Fsp3) is 0. The van der Waals surface area contributed by atoms with Crippen molar-refractivity contribution in [3.05, 3.63) is 88.3 Å². The fourth-order valence-corrected chi connectivity index (χ4v) is 3.15. The number of hydrogen-bond donors (Lipinski definition) is 0. The topological polar surface area (TPSA) is 29.7 Å². The highest BCUT2D eigenvalue weighted by atomic mass is 35.5. The zero-order chi connectivity index (χ0) is 18.1. The van der Waals surface area contributed by atoms with Gasteiger partial charge in [-0.3, -0.25) is 4.40 Å². The maximum absolute atomic E-state index is 13.1. The highest BCUT2D eigenvalue weighted by Crippen LogP contribution is 2.36. The number of rotatable bonds is 3. The quantitative estimate of drug-likeness (QED) is 0.387. The highest BCUT2D eigenvalue weighted by molar-refractivity contribution is 6.36. The molecule has 0 saturated carbocycles. The van der Waals surface area contributed by atoms with Gasteiger partial charge in [0.25, 0.3) is 0 Å². The number of hydrogen-bond acceptors (Lipinski definition) is 2. The Balaban J connectivity index is 1.88. The SMILES string of the molecule is Fc1ccc(C=Nc2c(-c3ccc(Cl)cc3Cl)nc3ccccn23)cc1. The maximum Gasteiger partial charge on any atom is 0.165 e. The molecular weight excluding hydrogens is 372 g/mol. The van der Waals surface area contributed by atoms with E-state index in [1.54, 1.807) is 30.5 Å². The van der Waals surface area contributed by atoms with Crippen molar-refractivity contribution in [2.45, 2.75) is 0 Å². The predicted molar refractivity (Wildman–Crippen MR) is 104 cm³/mol. The van der Waals surface area contributed by atoms with Gasteiger partial charge in [-0.2, -0.15) is 0 Å². The van der Waals surface area contributed by atoms with Crippen molar-refractivity contribution < 1.29 is 4.39 Å². The normalized spacial score (nSPS) is 11.5. The molecule has 0 aliphatic heterocycles. The van der Waals surface area contributed by atoms with Crippen LogP contribution in [0.5, 0.6) is 0 Å². The predicted octanol–water partition coefficient (Wildman–Crippen LogP) is 6.20. The molecule has 3 nitrogen and oxygen atoms in total. The third-order valence-electron chi connectivity index (χ3n) is 3.90. The van der Waals surface area contributed by atoms with Gasteiger partial charge in [0.05, 0.1) is 5.02 Å². The molecule has 0 spiro atoms. The van der Waals surface area contributed by atoms with Crippen LogP contribution in [0.2, 0.25) is 10.0 Å². The molecular formula is C20H12Cl2FN3. The summed E-state index contributed by atoms with van der Waals surface area (Å²) in [6.45, 7) is 0. The Bertz CT molecular complexity index is 1120. The smallest absolute Gasteiger partial charge is 0.165 e. The molecule has 0 fully saturated rings. The number of pyridine rings is 1. The standard InChI is InChI=1S/C20H12Cl2FN3/c21-14-6-9-16(17(22)11-14)19-20(26-10-2-1-3-18(26)25-19)24-12-13-4-7-15(23)8-5-13/h1-12H. The average molecular weight is 384 g/mol. The Morgan fingerprint density at radius 2 is 1.81 bits per heavy atom. The molecule has 26 heavy (non-hydrogen) atoms. The van der Waals surface area contributed by atoms with Crippen LogP contribution in [0.25, 0.3) is 16.9 Å². The van der Waals surface area contributed by atoms with Gasteiger partial charge in [0.2, 0.25) is 0 Å². The molecule has 2 heterocycles. The molecule has 2 aromatic heterocycles. The van der Waals surface area contributed by atoms with E-state index in [2.05, 4.69) is 9.98 Å². The van der Waals surface area contributed by atoms with Gasteiger partial charge in [-0.25, -0.2) is 14.4 Å². The molecule has 6 heteroatoms. The van der Waals surface area contributed by atoms with Crippen LogP contribution in [-0.2, 0) is 0 Å². The van der Waals surface area contributed by atoms with Crippen LogP contribution in [0.3, 0.4) is 0 Å². The molecule has 0 aliphatic carbocycles. The molecule has 4 rings (SSSR count). The van der Waals surface area contributed by atoms with Crippen molar-refractivity contribution in [3.63, 3.8) is 0 Å².